The summed E-state index contributed by atoms with van der Waals surface area (Å²) in [5, 5.41) is 24.3. The van der Waals surface area contributed by atoms with Crippen molar-refractivity contribution < 1.29 is 26.7 Å². The average Bonchev–Trinajstić information content (AvgIpc) is 2.56. The van der Waals surface area contributed by atoms with Crippen LogP contribution in [0.25, 0.3) is 0 Å². The van der Waals surface area contributed by atoms with E-state index in [2.05, 4.69) is 69.0 Å². The zero-order valence-corrected chi connectivity index (χ0v) is 24.5. The molecule has 0 aliphatic carbocycles. The molecule has 0 saturated heterocycles. The number of benzene rings is 2. The van der Waals surface area contributed by atoms with Crippen molar-refractivity contribution >= 4 is 103 Å². The van der Waals surface area contributed by atoms with E-state index in [9.17, 15) is 10.2 Å². The van der Waals surface area contributed by atoms with Gasteiger partial charge in [0.1, 0.15) is 0 Å². The molecule has 0 fully saturated rings. The SMILES string of the molecule is CC(C)(CN=Cc1cc(I)cc(I)c1[O-])CN=Cc1cc(I)cc(I)c1[O-].[Ni+2]. The van der Waals surface area contributed by atoms with Gasteiger partial charge in [-0.3, -0.25) is 9.98 Å². The topological polar surface area (TPSA) is 70.8 Å². The van der Waals surface area contributed by atoms with Crippen LogP contribution in [-0.4, -0.2) is 25.5 Å². The van der Waals surface area contributed by atoms with Crippen LogP contribution in [0.1, 0.15) is 25.0 Å². The quantitative estimate of drug-likeness (QED) is 0.238. The predicted octanol–water partition coefficient (Wildman–Crippen LogP) is 4.81. The summed E-state index contributed by atoms with van der Waals surface area (Å²) in [5.41, 5.74) is 1.04. The molecule has 0 unspecified atom stereocenters. The monoisotopic (exact) mass is 870 g/mol. The van der Waals surface area contributed by atoms with E-state index < -0.39 is 0 Å². The zero-order valence-electron chi connectivity index (χ0n) is 14.9. The molecule has 0 aromatic heterocycles. The summed E-state index contributed by atoms with van der Waals surface area (Å²) in [7, 11) is 0. The molecule has 0 bridgehead atoms. The third-order valence-electron chi connectivity index (χ3n) is 3.57. The van der Waals surface area contributed by atoms with E-state index in [0.29, 0.717) is 31.4 Å². The Hall–Kier alpha value is 0.794. The minimum Gasteiger partial charge on any atom is -0.871 e. The molecule has 0 amide bonds. The van der Waals surface area contributed by atoms with Crippen molar-refractivity contribution in [3.8, 4) is 11.5 Å². The molecule has 4 nitrogen and oxygen atoms in total. The van der Waals surface area contributed by atoms with E-state index in [-0.39, 0.29) is 33.4 Å². The summed E-state index contributed by atoms with van der Waals surface area (Å²) < 4.78 is 3.43. The van der Waals surface area contributed by atoms with E-state index in [1.807, 2.05) is 69.4 Å². The minimum absolute atomic E-state index is 0. The van der Waals surface area contributed by atoms with Crippen molar-refractivity contribution in [1.29, 1.82) is 0 Å². The van der Waals surface area contributed by atoms with Crippen molar-refractivity contribution in [1.82, 2.24) is 0 Å². The van der Waals surface area contributed by atoms with E-state index in [1.54, 1.807) is 12.4 Å². The van der Waals surface area contributed by atoms with Crippen molar-refractivity contribution in [2.45, 2.75) is 13.8 Å². The van der Waals surface area contributed by atoms with E-state index >= 15 is 0 Å². The molecule has 152 valence electrons. The molecule has 0 aliphatic heterocycles. The van der Waals surface area contributed by atoms with Gasteiger partial charge in [-0.2, -0.15) is 0 Å². The van der Waals surface area contributed by atoms with Gasteiger partial charge in [-0.25, -0.2) is 0 Å². The van der Waals surface area contributed by atoms with Crippen LogP contribution < -0.4 is 10.2 Å². The first-order valence-corrected chi connectivity index (χ1v) is 12.2. The average molecular weight is 871 g/mol. The molecule has 0 spiro atoms. The summed E-state index contributed by atoms with van der Waals surface area (Å²) in [4.78, 5) is 8.92. The smallest absolute Gasteiger partial charge is 0.871 e. The molecule has 0 atom stereocenters. The number of halogens is 4. The molecule has 9 heteroatoms. The Morgan fingerprint density at radius 1 is 0.786 bits per heavy atom. The Morgan fingerprint density at radius 3 is 1.50 bits per heavy atom. The number of aliphatic imine (C=N–C) groups is 2. The maximum Gasteiger partial charge on any atom is 2.00 e. The Kier molecular flexibility index (Phi) is 11.5. The van der Waals surface area contributed by atoms with E-state index in [4.69, 9.17) is 0 Å². The third kappa shape index (κ3) is 8.14. The van der Waals surface area contributed by atoms with E-state index in [0.717, 1.165) is 7.14 Å². The number of nitrogens with zero attached hydrogens (tertiary/aromatic N) is 2. The van der Waals surface area contributed by atoms with Crippen LogP contribution in [0.3, 0.4) is 0 Å². The van der Waals surface area contributed by atoms with Crippen molar-refractivity contribution in [2.24, 2.45) is 15.4 Å². The van der Waals surface area contributed by atoms with Crippen molar-refractivity contribution in [3.05, 3.63) is 49.7 Å². The fourth-order valence-electron chi connectivity index (χ4n) is 2.18. The first-order valence-electron chi connectivity index (χ1n) is 7.91. The molecule has 2 aromatic rings. The van der Waals surface area contributed by atoms with Gasteiger partial charge < -0.3 is 10.2 Å². The van der Waals surface area contributed by atoms with Gasteiger partial charge in [-0.05, 0) is 126 Å². The van der Waals surface area contributed by atoms with Crippen LogP contribution >= 0.6 is 90.4 Å². The van der Waals surface area contributed by atoms with Gasteiger partial charge in [0.2, 0.25) is 0 Å². The normalized spacial score (nSPS) is 11.9. The molecule has 0 radical (unpaired) electrons. The Bertz CT molecular complexity index is 830. The zero-order chi connectivity index (χ0) is 20.2. The molecular weight excluding hydrogens is 855 g/mol. The summed E-state index contributed by atoms with van der Waals surface area (Å²) in [6.07, 6.45) is 3.30. The second-order valence-corrected chi connectivity index (χ2v) is 11.5. The standard InChI is InChI=1S/C19H18I4N2O2.Ni/c1-19(2,9-24-7-11-3-13(20)5-15(22)17(11)26)10-25-8-12-4-14(21)6-16(23)18(12)27;/h3-8,26-27H,9-10H2,1-2H3;/q;+2/p-2. The van der Waals surface area contributed by atoms with Gasteiger partial charge in [-0.15, -0.1) is 0 Å². The first-order chi connectivity index (χ1) is 12.6. The second kappa shape index (κ2) is 12.0. The Morgan fingerprint density at radius 2 is 1.14 bits per heavy atom. The number of rotatable bonds is 6. The number of hydrogen-bond donors (Lipinski definition) is 0. The summed E-state index contributed by atoms with van der Waals surface area (Å²) in [5.74, 6) is 0.0127. The maximum atomic E-state index is 12.1. The molecular formula is C19H16I4N2NiO2. The molecule has 2 rings (SSSR count). The van der Waals surface area contributed by atoms with Gasteiger partial charge in [0.25, 0.3) is 0 Å². The number of hydrogen-bond acceptors (Lipinski definition) is 4. The molecule has 0 saturated carbocycles. The van der Waals surface area contributed by atoms with Gasteiger partial charge in [0.05, 0.1) is 0 Å². The molecule has 0 heterocycles. The maximum absolute atomic E-state index is 12.1. The summed E-state index contributed by atoms with van der Waals surface area (Å²) >= 11 is 8.49. The third-order valence-corrected chi connectivity index (χ3v) is 6.42. The van der Waals surface area contributed by atoms with Gasteiger partial charge >= 0.3 is 16.5 Å². The van der Waals surface area contributed by atoms with Crippen LogP contribution in [0.4, 0.5) is 0 Å². The fourth-order valence-corrected chi connectivity index (χ4v) is 5.96. The fraction of sp³-hybridized carbons (Fsp3) is 0.263. The Balaban J connectivity index is 0.00000392. The summed E-state index contributed by atoms with van der Waals surface area (Å²) in [6, 6.07) is 7.40. The van der Waals surface area contributed by atoms with Crippen LogP contribution in [-0.2, 0) is 16.5 Å². The van der Waals surface area contributed by atoms with Crippen LogP contribution in [0.15, 0.2) is 34.3 Å². The van der Waals surface area contributed by atoms with Gasteiger partial charge in [-0.1, -0.05) is 25.3 Å². The van der Waals surface area contributed by atoms with Crippen molar-refractivity contribution in [2.75, 3.05) is 13.1 Å². The second-order valence-electron chi connectivity index (χ2n) is 6.72. The molecule has 0 N–H and O–H groups in total. The largest absolute Gasteiger partial charge is 2.00 e. The molecule has 28 heavy (non-hydrogen) atoms. The molecule has 2 aromatic carbocycles. The van der Waals surface area contributed by atoms with Gasteiger partial charge in [0.15, 0.2) is 0 Å². The van der Waals surface area contributed by atoms with Crippen molar-refractivity contribution in [3.63, 3.8) is 0 Å². The first kappa shape index (κ1) is 26.8. The Labute approximate surface area is 230 Å². The molecule has 0 aliphatic rings. The summed E-state index contributed by atoms with van der Waals surface area (Å²) in [6.45, 7) is 5.21. The van der Waals surface area contributed by atoms with E-state index in [1.165, 1.54) is 0 Å². The van der Waals surface area contributed by atoms with Crippen LogP contribution in [0.5, 0.6) is 11.5 Å². The van der Waals surface area contributed by atoms with Crippen LogP contribution in [0.2, 0.25) is 0 Å². The minimum atomic E-state index is -0.177. The van der Waals surface area contributed by atoms with Gasteiger partial charge in [0, 0.05) is 45.2 Å². The van der Waals surface area contributed by atoms with Crippen LogP contribution in [0, 0.1) is 19.7 Å². The predicted molar refractivity (Wildman–Crippen MR) is 141 cm³/mol.